The molecule has 1 N–H and O–H groups in total. The van der Waals surface area contributed by atoms with Crippen LogP contribution in [0.5, 0.6) is 11.5 Å². The molecule has 8 heteroatoms. The molecule has 0 aliphatic carbocycles. The summed E-state index contributed by atoms with van der Waals surface area (Å²) >= 11 is 0. The molecule has 0 saturated heterocycles. The third-order valence-electron chi connectivity index (χ3n) is 4.29. The Morgan fingerprint density at radius 3 is 2.17 bits per heavy atom. The van der Waals surface area contributed by atoms with Crippen molar-refractivity contribution in [1.29, 1.82) is 0 Å². The van der Waals surface area contributed by atoms with Crippen LogP contribution in [0.3, 0.4) is 0 Å². The van der Waals surface area contributed by atoms with Crippen LogP contribution in [0, 0.1) is 0 Å². The van der Waals surface area contributed by atoms with E-state index in [2.05, 4.69) is 5.32 Å². The molecule has 0 aromatic heterocycles. The molecule has 158 valence electrons. The van der Waals surface area contributed by atoms with Crippen LogP contribution < -0.4 is 19.1 Å². The molecule has 1 amide bonds. The first-order chi connectivity index (χ1) is 13.8. The number of benzene rings is 2. The molecule has 7 nitrogen and oxygen atoms in total. The number of hydrogen-bond acceptors (Lipinski definition) is 5. The molecule has 2 aromatic carbocycles. The number of para-hydroxylation sites is 1. The summed E-state index contributed by atoms with van der Waals surface area (Å²) in [7, 11) is -2.05. The number of carbonyl (C=O) groups is 1. The number of ether oxygens (including phenoxy) is 2. The average Bonchev–Trinajstić information content (AvgIpc) is 2.70. The van der Waals surface area contributed by atoms with E-state index in [1.807, 2.05) is 0 Å². The topological polar surface area (TPSA) is 84.9 Å². The Bertz CT molecular complexity index is 885. The SMILES string of the molecule is CCC(C(=O)NC(C)COc1ccc(OC)cc1)N(c1ccccc1)S(C)(=O)=O. The molecule has 0 spiro atoms. The second-order valence-corrected chi connectivity index (χ2v) is 8.57. The number of sulfonamides is 1. The molecule has 0 fully saturated rings. The van der Waals surface area contributed by atoms with Crippen molar-refractivity contribution >= 4 is 21.6 Å². The van der Waals surface area contributed by atoms with Gasteiger partial charge in [0.1, 0.15) is 24.1 Å². The summed E-state index contributed by atoms with van der Waals surface area (Å²) in [6.07, 6.45) is 1.44. The van der Waals surface area contributed by atoms with Crippen LogP contribution in [-0.4, -0.2) is 46.4 Å². The Kier molecular flexibility index (Phi) is 7.90. The molecule has 0 saturated carbocycles. The van der Waals surface area contributed by atoms with Gasteiger partial charge in [-0.05, 0) is 49.7 Å². The normalized spacial score (nSPS) is 13.2. The van der Waals surface area contributed by atoms with Crippen LogP contribution >= 0.6 is 0 Å². The van der Waals surface area contributed by atoms with Crippen molar-refractivity contribution in [3.8, 4) is 11.5 Å². The van der Waals surface area contributed by atoms with Gasteiger partial charge in [0.25, 0.3) is 0 Å². The van der Waals surface area contributed by atoms with Gasteiger partial charge in [0.2, 0.25) is 15.9 Å². The highest BCUT2D eigenvalue weighted by atomic mass is 32.2. The molecule has 0 aliphatic heterocycles. The minimum atomic E-state index is -3.64. The fourth-order valence-corrected chi connectivity index (χ4v) is 4.12. The highest BCUT2D eigenvalue weighted by Gasteiger charge is 2.31. The van der Waals surface area contributed by atoms with Crippen LogP contribution in [0.25, 0.3) is 0 Å². The summed E-state index contributed by atoms with van der Waals surface area (Å²) in [6.45, 7) is 3.84. The molecular formula is C21H28N2O5S. The monoisotopic (exact) mass is 420 g/mol. The van der Waals surface area contributed by atoms with E-state index in [9.17, 15) is 13.2 Å². The number of nitrogens with one attached hydrogen (secondary N) is 1. The fraction of sp³-hybridized carbons (Fsp3) is 0.381. The van der Waals surface area contributed by atoms with Crippen LogP contribution in [-0.2, 0) is 14.8 Å². The number of carbonyl (C=O) groups excluding carboxylic acids is 1. The van der Waals surface area contributed by atoms with Crippen molar-refractivity contribution in [2.24, 2.45) is 0 Å². The summed E-state index contributed by atoms with van der Waals surface area (Å²) in [4.78, 5) is 12.9. The minimum Gasteiger partial charge on any atom is -0.497 e. The molecule has 2 unspecified atom stereocenters. The number of nitrogens with zero attached hydrogens (tertiary/aromatic N) is 1. The fourth-order valence-electron chi connectivity index (χ4n) is 2.91. The average molecular weight is 421 g/mol. The molecule has 29 heavy (non-hydrogen) atoms. The zero-order valence-electron chi connectivity index (χ0n) is 17.2. The van der Waals surface area contributed by atoms with Gasteiger partial charge in [-0.3, -0.25) is 9.10 Å². The first kappa shape index (κ1) is 22.5. The maximum atomic E-state index is 12.9. The van der Waals surface area contributed by atoms with E-state index in [1.54, 1.807) is 75.6 Å². The van der Waals surface area contributed by atoms with Crippen LogP contribution in [0.4, 0.5) is 5.69 Å². The van der Waals surface area contributed by atoms with Crippen LogP contribution in [0.15, 0.2) is 54.6 Å². The van der Waals surface area contributed by atoms with E-state index in [-0.39, 0.29) is 18.6 Å². The van der Waals surface area contributed by atoms with Gasteiger partial charge in [0.15, 0.2) is 0 Å². The highest BCUT2D eigenvalue weighted by Crippen LogP contribution is 2.22. The summed E-state index contributed by atoms with van der Waals surface area (Å²) in [5.41, 5.74) is 0.458. The number of hydrogen-bond donors (Lipinski definition) is 1. The van der Waals surface area contributed by atoms with E-state index in [1.165, 1.54) is 4.31 Å². The zero-order valence-corrected chi connectivity index (χ0v) is 18.0. The quantitative estimate of drug-likeness (QED) is 0.639. The van der Waals surface area contributed by atoms with E-state index in [0.29, 0.717) is 17.9 Å². The smallest absolute Gasteiger partial charge is 0.244 e. The largest absolute Gasteiger partial charge is 0.497 e. The van der Waals surface area contributed by atoms with E-state index >= 15 is 0 Å². The first-order valence-electron chi connectivity index (χ1n) is 9.38. The number of methoxy groups -OCH3 is 1. The zero-order chi connectivity index (χ0) is 21.4. The Morgan fingerprint density at radius 1 is 1.07 bits per heavy atom. The Hall–Kier alpha value is -2.74. The first-order valence-corrected chi connectivity index (χ1v) is 11.2. The summed E-state index contributed by atoms with van der Waals surface area (Å²) in [5, 5.41) is 2.85. The Balaban J connectivity index is 2.05. The lowest BCUT2D eigenvalue weighted by Crippen LogP contribution is -2.52. The molecule has 2 atom stereocenters. The molecule has 2 aromatic rings. The predicted octanol–water partition coefficient (Wildman–Crippen LogP) is 2.82. The van der Waals surface area contributed by atoms with Crippen molar-refractivity contribution < 1.29 is 22.7 Å². The van der Waals surface area contributed by atoms with Gasteiger partial charge in [-0.2, -0.15) is 0 Å². The lowest BCUT2D eigenvalue weighted by atomic mass is 10.1. The summed E-state index contributed by atoms with van der Waals surface area (Å²) in [6, 6.07) is 14.6. The van der Waals surface area contributed by atoms with Gasteiger partial charge >= 0.3 is 0 Å². The molecule has 2 rings (SSSR count). The Labute approximate surface area is 172 Å². The van der Waals surface area contributed by atoms with Crippen molar-refractivity contribution in [2.75, 3.05) is 24.3 Å². The van der Waals surface area contributed by atoms with Crippen molar-refractivity contribution in [3.63, 3.8) is 0 Å². The van der Waals surface area contributed by atoms with Crippen molar-refractivity contribution in [1.82, 2.24) is 5.32 Å². The maximum absolute atomic E-state index is 12.9. The predicted molar refractivity (Wildman–Crippen MR) is 114 cm³/mol. The summed E-state index contributed by atoms with van der Waals surface area (Å²) < 4.78 is 36.8. The van der Waals surface area contributed by atoms with Crippen molar-refractivity contribution in [3.05, 3.63) is 54.6 Å². The number of anilines is 1. The molecular weight excluding hydrogens is 392 g/mol. The lowest BCUT2D eigenvalue weighted by Gasteiger charge is -2.31. The third-order valence-corrected chi connectivity index (χ3v) is 5.47. The van der Waals surface area contributed by atoms with Gasteiger partial charge in [0, 0.05) is 0 Å². The lowest BCUT2D eigenvalue weighted by molar-refractivity contribution is -0.123. The molecule has 0 radical (unpaired) electrons. The third kappa shape index (κ3) is 6.39. The van der Waals surface area contributed by atoms with E-state index in [4.69, 9.17) is 9.47 Å². The number of rotatable bonds is 10. The van der Waals surface area contributed by atoms with Gasteiger partial charge in [0.05, 0.1) is 25.1 Å². The van der Waals surface area contributed by atoms with Crippen LogP contribution in [0.2, 0.25) is 0 Å². The standard InChI is InChI=1S/C21H28N2O5S/c1-5-20(23(29(4,25)26)17-9-7-6-8-10-17)21(24)22-16(2)15-28-19-13-11-18(27-3)12-14-19/h6-14,16,20H,5,15H2,1-4H3,(H,22,24). The highest BCUT2D eigenvalue weighted by molar-refractivity contribution is 7.92. The van der Waals surface area contributed by atoms with E-state index < -0.39 is 16.1 Å². The van der Waals surface area contributed by atoms with Gasteiger partial charge in [-0.15, -0.1) is 0 Å². The van der Waals surface area contributed by atoms with Gasteiger partial charge < -0.3 is 14.8 Å². The summed E-state index contributed by atoms with van der Waals surface area (Å²) in [5.74, 6) is 1.01. The second kappa shape index (κ2) is 10.2. The molecule has 0 heterocycles. The molecule has 0 bridgehead atoms. The molecule has 0 aliphatic rings. The van der Waals surface area contributed by atoms with Crippen LogP contribution in [0.1, 0.15) is 20.3 Å². The van der Waals surface area contributed by atoms with Gasteiger partial charge in [-0.25, -0.2) is 8.42 Å². The van der Waals surface area contributed by atoms with Crippen molar-refractivity contribution in [2.45, 2.75) is 32.4 Å². The Morgan fingerprint density at radius 2 is 1.66 bits per heavy atom. The van der Waals surface area contributed by atoms with Gasteiger partial charge in [-0.1, -0.05) is 25.1 Å². The maximum Gasteiger partial charge on any atom is 0.244 e. The number of amides is 1. The van der Waals surface area contributed by atoms with E-state index in [0.717, 1.165) is 12.0 Å². The minimum absolute atomic E-state index is 0.249. The second-order valence-electron chi connectivity index (χ2n) is 6.71.